The van der Waals surface area contributed by atoms with E-state index >= 15 is 4.39 Å². The molecule has 3 aromatic rings. The van der Waals surface area contributed by atoms with Crippen LogP contribution in [0.2, 0.25) is 0 Å². The molecule has 4 rings (SSSR count). The summed E-state index contributed by atoms with van der Waals surface area (Å²) in [6, 6.07) is 12.9. The van der Waals surface area contributed by atoms with Crippen molar-refractivity contribution in [3.05, 3.63) is 113 Å². The minimum Gasteiger partial charge on any atom is -0.399 e. The van der Waals surface area contributed by atoms with E-state index in [4.69, 9.17) is 11.5 Å². The van der Waals surface area contributed by atoms with Crippen LogP contribution in [0.15, 0.2) is 85.0 Å². The number of hydrogen-bond donors (Lipinski definition) is 4. The predicted molar refractivity (Wildman–Crippen MR) is 166 cm³/mol. The summed E-state index contributed by atoms with van der Waals surface area (Å²) in [5.41, 5.74) is 14.6. The Hall–Kier alpha value is -4.15. The Balaban J connectivity index is 1.78. The number of nitrogens with one attached hydrogen (secondary N) is 2. The molecule has 6 N–H and O–H groups in total. The van der Waals surface area contributed by atoms with E-state index < -0.39 is 17.7 Å². The fourth-order valence-electron chi connectivity index (χ4n) is 4.73. The van der Waals surface area contributed by atoms with Crippen molar-refractivity contribution in [2.75, 3.05) is 24.1 Å². The molecule has 10 heteroatoms. The van der Waals surface area contributed by atoms with Crippen LogP contribution >= 0.6 is 0 Å². The third kappa shape index (κ3) is 8.03. The highest BCUT2D eigenvalue weighted by molar-refractivity contribution is 5.78. The number of nitrogen functional groups attached to an aromatic ring is 1. The zero-order valence-electron chi connectivity index (χ0n) is 24.4. The van der Waals surface area contributed by atoms with Crippen molar-refractivity contribution in [3.63, 3.8) is 0 Å². The molecule has 1 saturated carbocycles. The van der Waals surface area contributed by atoms with Gasteiger partial charge in [0.1, 0.15) is 5.82 Å². The van der Waals surface area contributed by atoms with Crippen molar-refractivity contribution < 1.29 is 17.6 Å². The van der Waals surface area contributed by atoms with E-state index in [0.29, 0.717) is 29.3 Å². The number of benzene rings is 2. The molecule has 0 bridgehead atoms. The van der Waals surface area contributed by atoms with E-state index in [0.717, 1.165) is 36.6 Å². The molecule has 1 heterocycles. The molecule has 1 aliphatic rings. The molecule has 1 unspecified atom stereocenters. The zero-order valence-corrected chi connectivity index (χ0v) is 24.4. The van der Waals surface area contributed by atoms with Crippen LogP contribution in [0.5, 0.6) is 0 Å². The van der Waals surface area contributed by atoms with E-state index in [2.05, 4.69) is 22.3 Å². The predicted octanol–water partition coefficient (Wildman–Crippen LogP) is 7.51. The number of halogens is 4. The lowest BCUT2D eigenvalue weighted by atomic mass is 9.97. The summed E-state index contributed by atoms with van der Waals surface area (Å²) in [6.07, 6.45) is 4.58. The maximum Gasteiger partial charge on any atom is 0.435 e. The van der Waals surface area contributed by atoms with Gasteiger partial charge >= 0.3 is 6.18 Å². The van der Waals surface area contributed by atoms with Gasteiger partial charge in [0.25, 0.3) is 0 Å². The Morgan fingerprint density at radius 2 is 1.91 bits per heavy atom. The van der Waals surface area contributed by atoms with E-state index in [-0.39, 0.29) is 29.7 Å². The molecule has 0 spiro atoms. The summed E-state index contributed by atoms with van der Waals surface area (Å²) in [6.45, 7) is 8.20. The SMILES string of the molecule is C=C/C(=C\C(=C/C)n1nc(C(F)(F)F)cc1C(=CCC)Nc1cc(C(NCC2CC2)c2cccc(N)c2)ccc1F)CN. The molecule has 1 fully saturated rings. The average Bonchev–Trinajstić information content (AvgIpc) is 3.69. The topological polar surface area (TPSA) is 93.9 Å². The Morgan fingerprint density at radius 1 is 1.16 bits per heavy atom. The summed E-state index contributed by atoms with van der Waals surface area (Å²) in [5.74, 6) is 0.0455. The third-order valence-electron chi connectivity index (χ3n) is 7.20. The molecular weight excluding hydrogens is 556 g/mol. The Kier molecular flexibility index (Phi) is 10.3. The highest BCUT2D eigenvalue weighted by Gasteiger charge is 2.36. The minimum absolute atomic E-state index is 0.114. The van der Waals surface area contributed by atoms with E-state index in [1.54, 1.807) is 43.4 Å². The summed E-state index contributed by atoms with van der Waals surface area (Å²) in [5, 5.41) is 10.6. The van der Waals surface area contributed by atoms with Gasteiger partial charge in [0.05, 0.1) is 28.8 Å². The molecule has 0 aliphatic heterocycles. The Morgan fingerprint density at radius 3 is 2.51 bits per heavy atom. The molecule has 0 radical (unpaired) electrons. The number of anilines is 2. The van der Waals surface area contributed by atoms with Gasteiger partial charge in [-0.1, -0.05) is 49.9 Å². The number of nitrogens with zero attached hydrogens (tertiary/aromatic N) is 2. The van der Waals surface area contributed by atoms with Crippen LogP contribution < -0.4 is 22.1 Å². The highest BCUT2D eigenvalue weighted by Crippen LogP contribution is 2.35. The molecule has 1 atom stereocenters. The summed E-state index contributed by atoms with van der Waals surface area (Å²) >= 11 is 0. The Bertz CT molecular complexity index is 1530. The Labute approximate surface area is 249 Å². The average molecular weight is 595 g/mol. The maximum absolute atomic E-state index is 15.3. The van der Waals surface area contributed by atoms with Crippen LogP contribution in [-0.4, -0.2) is 22.9 Å². The second-order valence-electron chi connectivity index (χ2n) is 10.5. The normalized spacial score (nSPS) is 15.5. The van der Waals surface area contributed by atoms with Crippen molar-refractivity contribution in [3.8, 4) is 0 Å². The molecule has 43 heavy (non-hydrogen) atoms. The summed E-state index contributed by atoms with van der Waals surface area (Å²) in [4.78, 5) is 0. The van der Waals surface area contributed by atoms with Crippen molar-refractivity contribution in [2.45, 2.75) is 45.3 Å². The summed E-state index contributed by atoms with van der Waals surface area (Å²) < 4.78 is 58.2. The van der Waals surface area contributed by atoms with Gasteiger partial charge in [0.2, 0.25) is 0 Å². The van der Waals surface area contributed by atoms with Crippen LogP contribution in [0.1, 0.15) is 61.7 Å². The lowest BCUT2D eigenvalue weighted by Gasteiger charge is -2.22. The van der Waals surface area contributed by atoms with Gasteiger partial charge in [0.15, 0.2) is 5.69 Å². The number of hydrogen-bond acceptors (Lipinski definition) is 5. The molecule has 1 aromatic heterocycles. The quantitative estimate of drug-likeness (QED) is 0.0934. The number of allylic oxidation sites excluding steroid dienone is 4. The van der Waals surface area contributed by atoms with Crippen LogP contribution in [0, 0.1) is 11.7 Å². The number of alkyl halides is 3. The van der Waals surface area contributed by atoms with Crippen LogP contribution in [0.4, 0.5) is 28.9 Å². The van der Waals surface area contributed by atoms with Gasteiger partial charge in [-0.2, -0.15) is 18.3 Å². The van der Waals surface area contributed by atoms with Crippen molar-refractivity contribution in [2.24, 2.45) is 11.7 Å². The lowest BCUT2D eigenvalue weighted by molar-refractivity contribution is -0.141. The van der Waals surface area contributed by atoms with E-state index in [1.807, 2.05) is 25.1 Å². The largest absolute Gasteiger partial charge is 0.435 e. The second kappa shape index (κ2) is 13.9. The fraction of sp³-hybridized carbons (Fsp3) is 0.303. The van der Waals surface area contributed by atoms with Gasteiger partial charge in [-0.05, 0) is 91.8 Å². The third-order valence-corrected chi connectivity index (χ3v) is 7.20. The number of aromatic nitrogens is 2. The molecule has 6 nitrogen and oxygen atoms in total. The standard InChI is InChI=1S/C33H38F4N6/c1-4-8-28(30-18-31(33(35,36)37)42-43(30)26(6-3)15-21(5-2)19-38)41-29-17-24(13-14-27(29)34)32(40-20-22-11-12-22)23-9-7-10-25(39)16-23/h5-10,13-18,22,32,40-41H,2,4,11-12,19-20,38-39H2,1,3H3/b21-15+,26-6+,28-8?. The zero-order chi connectivity index (χ0) is 31.1. The van der Waals surface area contributed by atoms with Gasteiger partial charge in [-0.25, -0.2) is 9.07 Å². The maximum atomic E-state index is 15.3. The van der Waals surface area contributed by atoms with Crippen LogP contribution in [0.3, 0.4) is 0 Å². The monoisotopic (exact) mass is 594 g/mol. The molecule has 0 saturated heterocycles. The minimum atomic E-state index is -4.70. The second-order valence-corrected chi connectivity index (χ2v) is 10.5. The molecule has 2 aromatic carbocycles. The first-order valence-corrected chi connectivity index (χ1v) is 14.3. The first-order valence-electron chi connectivity index (χ1n) is 14.3. The van der Waals surface area contributed by atoms with Gasteiger partial charge in [-0.15, -0.1) is 0 Å². The van der Waals surface area contributed by atoms with E-state index in [9.17, 15) is 13.2 Å². The van der Waals surface area contributed by atoms with Gasteiger partial charge < -0.3 is 22.1 Å². The summed E-state index contributed by atoms with van der Waals surface area (Å²) in [7, 11) is 0. The van der Waals surface area contributed by atoms with Gasteiger partial charge in [-0.3, -0.25) is 0 Å². The van der Waals surface area contributed by atoms with Crippen molar-refractivity contribution >= 4 is 22.8 Å². The molecule has 1 aliphatic carbocycles. The fourth-order valence-corrected chi connectivity index (χ4v) is 4.73. The molecule has 0 amide bonds. The molecule has 228 valence electrons. The van der Waals surface area contributed by atoms with Crippen molar-refractivity contribution in [1.82, 2.24) is 15.1 Å². The lowest BCUT2D eigenvalue weighted by Crippen LogP contribution is -2.25. The van der Waals surface area contributed by atoms with Crippen LogP contribution in [0.25, 0.3) is 11.4 Å². The van der Waals surface area contributed by atoms with Crippen LogP contribution in [-0.2, 0) is 6.18 Å². The smallest absolute Gasteiger partial charge is 0.399 e. The van der Waals surface area contributed by atoms with Gasteiger partial charge in [0, 0.05) is 12.2 Å². The van der Waals surface area contributed by atoms with Crippen molar-refractivity contribution in [1.29, 1.82) is 0 Å². The number of rotatable bonds is 13. The highest BCUT2D eigenvalue weighted by atomic mass is 19.4. The molecular formula is C33H38F4N6. The first kappa shape index (κ1) is 31.8. The first-order chi connectivity index (χ1) is 20.6. The number of nitrogens with two attached hydrogens (primary N) is 2. The van der Waals surface area contributed by atoms with E-state index in [1.165, 1.54) is 16.8 Å².